The van der Waals surface area contributed by atoms with Gasteiger partial charge in [0, 0.05) is 6.54 Å². The summed E-state index contributed by atoms with van der Waals surface area (Å²) in [5.74, 6) is -3.00. The second-order valence-corrected chi connectivity index (χ2v) is 9.08. The molecular weight excluding hydrogens is 470 g/mol. The van der Waals surface area contributed by atoms with E-state index in [4.69, 9.17) is 11.5 Å². The molecule has 1 saturated heterocycles. The van der Waals surface area contributed by atoms with Crippen LogP contribution in [0.25, 0.3) is 0 Å². The van der Waals surface area contributed by atoms with Crippen LogP contribution in [0, 0.1) is 0 Å². The number of carboxylic acids is 1. The zero-order valence-electron chi connectivity index (χ0n) is 20.4. The summed E-state index contributed by atoms with van der Waals surface area (Å²) in [6.07, 6.45) is 1.07. The number of phenolic OH excluding ortho intramolecular Hbond substituents is 1. The van der Waals surface area contributed by atoms with Gasteiger partial charge in [0.15, 0.2) is 0 Å². The number of amides is 3. The van der Waals surface area contributed by atoms with Crippen LogP contribution in [-0.4, -0.2) is 87.3 Å². The number of rotatable bonds is 13. The molecule has 0 spiro atoms. The number of aromatic hydroxyl groups is 1. The van der Waals surface area contributed by atoms with E-state index < -0.39 is 54.0 Å². The third-order valence-electron chi connectivity index (χ3n) is 6.17. The number of aliphatic hydroxyl groups excluding tert-OH is 1. The molecule has 0 saturated carbocycles. The second kappa shape index (κ2) is 13.8. The summed E-state index contributed by atoms with van der Waals surface area (Å²) in [6, 6.07) is 1.79. The molecule has 12 heteroatoms. The average Bonchev–Trinajstić information content (AvgIpc) is 3.32. The van der Waals surface area contributed by atoms with Crippen molar-refractivity contribution in [1.29, 1.82) is 0 Å². The third-order valence-corrected chi connectivity index (χ3v) is 6.17. The Bertz CT molecular complexity index is 909. The van der Waals surface area contributed by atoms with Crippen molar-refractivity contribution in [3.05, 3.63) is 29.8 Å². The average molecular weight is 508 g/mol. The lowest BCUT2D eigenvalue weighted by Crippen LogP contribution is -2.59. The Kier molecular flexibility index (Phi) is 11.1. The van der Waals surface area contributed by atoms with Gasteiger partial charge < -0.3 is 42.3 Å². The van der Waals surface area contributed by atoms with Crippen molar-refractivity contribution >= 4 is 23.7 Å². The molecule has 36 heavy (non-hydrogen) atoms. The summed E-state index contributed by atoms with van der Waals surface area (Å²) in [7, 11) is 0. The van der Waals surface area contributed by atoms with Gasteiger partial charge in [-0.15, -0.1) is 0 Å². The maximum atomic E-state index is 13.3. The number of hydrogen-bond acceptors (Lipinski definition) is 8. The molecule has 1 aliphatic heterocycles. The normalized spacial score (nSPS) is 18.7. The first kappa shape index (κ1) is 29.0. The zero-order chi connectivity index (χ0) is 26.8. The van der Waals surface area contributed by atoms with Gasteiger partial charge in [0.1, 0.15) is 23.9 Å². The van der Waals surface area contributed by atoms with Crippen molar-refractivity contribution in [3.63, 3.8) is 0 Å². The number of unbranched alkanes of at least 4 members (excludes halogenated alkanes) is 1. The highest BCUT2D eigenvalue weighted by atomic mass is 16.4. The summed E-state index contributed by atoms with van der Waals surface area (Å²) < 4.78 is 0. The number of carbonyl (C=O) groups is 4. The number of phenols is 1. The van der Waals surface area contributed by atoms with Crippen LogP contribution in [0.2, 0.25) is 0 Å². The molecule has 0 unspecified atom stereocenters. The molecule has 9 N–H and O–H groups in total. The minimum Gasteiger partial charge on any atom is -0.508 e. The van der Waals surface area contributed by atoms with Gasteiger partial charge in [-0.1, -0.05) is 12.1 Å². The molecule has 0 radical (unpaired) electrons. The number of benzene rings is 1. The fraction of sp³-hybridized carbons (Fsp3) is 0.583. The molecule has 1 aromatic carbocycles. The molecule has 1 aliphatic rings. The molecule has 200 valence electrons. The van der Waals surface area contributed by atoms with E-state index in [1.54, 1.807) is 12.1 Å². The number of likely N-dealkylation sites (tertiary alicyclic amines) is 1. The minimum atomic E-state index is -1.34. The van der Waals surface area contributed by atoms with Gasteiger partial charge in [-0.2, -0.15) is 0 Å². The Labute approximate surface area is 210 Å². The van der Waals surface area contributed by atoms with E-state index in [1.807, 2.05) is 0 Å². The predicted molar refractivity (Wildman–Crippen MR) is 131 cm³/mol. The molecule has 5 atom stereocenters. The first-order valence-electron chi connectivity index (χ1n) is 12.1. The Balaban J connectivity index is 2.04. The summed E-state index contributed by atoms with van der Waals surface area (Å²) >= 11 is 0. The topological polar surface area (TPSA) is 208 Å². The standard InChI is InChI=1S/C24H37N5O7/c1-14(30)20(28-21(32)17(26)13-15-7-9-16(31)10-8-15)23(34)29-12-4-6-19(29)22(33)27-18(24(35)36)5-2-3-11-25/h7-10,14,17-20,30-31H,2-6,11-13,25-26H2,1H3,(H,27,33)(H,28,32)(H,35,36)/t14-,17+,18+,19+,20+/m1/s1. The fourth-order valence-corrected chi connectivity index (χ4v) is 4.13. The van der Waals surface area contributed by atoms with Crippen LogP contribution in [0.15, 0.2) is 24.3 Å². The van der Waals surface area contributed by atoms with E-state index in [0.29, 0.717) is 37.8 Å². The maximum Gasteiger partial charge on any atom is 0.326 e. The van der Waals surface area contributed by atoms with Gasteiger partial charge in [0.05, 0.1) is 12.1 Å². The Hall–Kier alpha value is -3.22. The highest BCUT2D eigenvalue weighted by Crippen LogP contribution is 2.20. The van der Waals surface area contributed by atoms with Crippen LogP contribution in [0.4, 0.5) is 0 Å². The molecule has 0 aromatic heterocycles. The Morgan fingerprint density at radius 2 is 1.81 bits per heavy atom. The predicted octanol–water partition coefficient (Wildman–Crippen LogP) is -1.18. The lowest BCUT2D eigenvalue weighted by atomic mass is 10.0. The van der Waals surface area contributed by atoms with E-state index >= 15 is 0 Å². The summed E-state index contributed by atoms with van der Waals surface area (Å²) in [6.45, 7) is 1.98. The van der Waals surface area contributed by atoms with Crippen molar-refractivity contribution < 1.29 is 34.5 Å². The summed E-state index contributed by atoms with van der Waals surface area (Å²) in [5.41, 5.74) is 12.1. The van der Waals surface area contributed by atoms with Gasteiger partial charge in [0.2, 0.25) is 17.7 Å². The van der Waals surface area contributed by atoms with Crippen LogP contribution < -0.4 is 22.1 Å². The van der Waals surface area contributed by atoms with E-state index in [2.05, 4.69) is 10.6 Å². The van der Waals surface area contributed by atoms with Crippen molar-refractivity contribution in [2.45, 2.75) is 75.7 Å². The SMILES string of the molecule is C[C@@H](O)[C@H](NC(=O)[C@@H](N)Cc1ccc(O)cc1)C(=O)N1CCC[C@H]1C(=O)N[C@@H](CCCCN)C(=O)O. The first-order valence-corrected chi connectivity index (χ1v) is 12.1. The van der Waals surface area contributed by atoms with Crippen LogP contribution in [0.3, 0.4) is 0 Å². The quantitative estimate of drug-likeness (QED) is 0.160. The number of hydrogen-bond donors (Lipinski definition) is 7. The number of nitrogens with zero attached hydrogens (tertiary/aromatic N) is 1. The van der Waals surface area contributed by atoms with Crippen molar-refractivity contribution in [3.8, 4) is 5.75 Å². The van der Waals surface area contributed by atoms with Gasteiger partial charge in [-0.05, 0) is 69.7 Å². The van der Waals surface area contributed by atoms with Gasteiger partial charge in [0.25, 0.3) is 0 Å². The zero-order valence-corrected chi connectivity index (χ0v) is 20.4. The molecule has 1 fully saturated rings. The van der Waals surface area contributed by atoms with E-state index in [-0.39, 0.29) is 25.1 Å². The molecule has 2 rings (SSSR count). The fourth-order valence-electron chi connectivity index (χ4n) is 4.13. The molecule has 1 aromatic rings. The number of aliphatic hydroxyl groups is 1. The minimum absolute atomic E-state index is 0.0750. The number of nitrogens with two attached hydrogens (primary N) is 2. The molecule has 12 nitrogen and oxygen atoms in total. The molecule has 3 amide bonds. The monoisotopic (exact) mass is 507 g/mol. The first-order chi connectivity index (χ1) is 17.0. The maximum absolute atomic E-state index is 13.3. The highest BCUT2D eigenvalue weighted by Gasteiger charge is 2.40. The van der Waals surface area contributed by atoms with Crippen LogP contribution in [-0.2, 0) is 25.6 Å². The Morgan fingerprint density at radius 1 is 1.14 bits per heavy atom. The molecule has 0 bridgehead atoms. The van der Waals surface area contributed by atoms with Crippen LogP contribution >= 0.6 is 0 Å². The van der Waals surface area contributed by atoms with Gasteiger partial charge in [-0.3, -0.25) is 14.4 Å². The van der Waals surface area contributed by atoms with E-state index in [1.165, 1.54) is 24.0 Å². The van der Waals surface area contributed by atoms with E-state index in [9.17, 15) is 34.5 Å². The molecule has 0 aliphatic carbocycles. The number of nitrogens with one attached hydrogen (secondary N) is 2. The van der Waals surface area contributed by atoms with E-state index in [0.717, 1.165) is 0 Å². The van der Waals surface area contributed by atoms with Crippen molar-refractivity contribution in [2.75, 3.05) is 13.1 Å². The lowest BCUT2D eigenvalue weighted by molar-refractivity contribution is -0.146. The van der Waals surface area contributed by atoms with Crippen LogP contribution in [0.1, 0.15) is 44.6 Å². The van der Waals surface area contributed by atoms with Crippen molar-refractivity contribution in [1.82, 2.24) is 15.5 Å². The van der Waals surface area contributed by atoms with Crippen LogP contribution in [0.5, 0.6) is 5.75 Å². The van der Waals surface area contributed by atoms with Crippen molar-refractivity contribution in [2.24, 2.45) is 11.5 Å². The van der Waals surface area contributed by atoms with Gasteiger partial charge >= 0.3 is 5.97 Å². The lowest BCUT2D eigenvalue weighted by Gasteiger charge is -2.31. The van der Waals surface area contributed by atoms with Gasteiger partial charge in [-0.25, -0.2) is 4.79 Å². The Morgan fingerprint density at radius 3 is 2.39 bits per heavy atom. The second-order valence-electron chi connectivity index (χ2n) is 9.08. The smallest absolute Gasteiger partial charge is 0.326 e. The summed E-state index contributed by atoms with van der Waals surface area (Å²) in [5, 5.41) is 34.0. The summed E-state index contributed by atoms with van der Waals surface area (Å²) in [4.78, 5) is 51.6. The number of carbonyl (C=O) groups excluding carboxylic acids is 3. The molecule has 1 heterocycles. The molecular formula is C24H37N5O7. The third kappa shape index (κ3) is 8.18. The highest BCUT2D eigenvalue weighted by molar-refractivity contribution is 5.94. The number of carboxylic acid groups (broad SMARTS) is 1. The largest absolute Gasteiger partial charge is 0.508 e. The number of aliphatic carboxylic acids is 1.